The highest BCUT2D eigenvalue weighted by Crippen LogP contribution is 2.26. The third-order valence-corrected chi connectivity index (χ3v) is 4.92. The first-order chi connectivity index (χ1) is 12.8. The number of carboxylic acid groups (broad SMARTS) is 1. The normalized spacial score (nSPS) is 12.5. The molecule has 0 amide bonds. The number of carbonyl (C=O) groups excluding carboxylic acids is 2. The molecule has 0 radical (unpaired) electrons. The van der Waals surface area contributed by atoms with Crippen LogP contribution in [-0.2, 0) is 29.3 Å². The average molecular weight is 414 g/mol. The summed E-state index contributed by atoms with van der Waals surface area (Å²) in [5, 5.41) is 19.0. The third kappa shape index (κ3) is 6.69. The summed E-state index contributed by atoms with van der Waals surface area (Å²) in [5.41, 5.74) is -1.96. The van der Waals surface area contributed by atoms with Gasteiger partial charge in [-0.3, -0.25) is 14.4 Å². The summed E-state index contributed by atoms with van der Waals surface area (Å²) < 4.78 is 9.10. The van der Waals surface area contributed by atoms with E-state index < -0.39 is 23.3 Å². The Balaban J connectivity index is 3.07. The van der Waals surface area contributed by atoms with Crippen molar-refractivity contribution in [3.63, 3.8) is 0 Å². The van der Waals surface area contributed by atoms with Crippen LogP contribution in [0, 0.1) is 11.3 Å². The summed E-state index contributed by atoms with van der Waals surface area (Å²) in [6.07, 6.45) is 0.225. The van der Waals surface area contributed by atoms with Crippen LogP contribution in [0.3, 0.4) is 0 Å². The molecule has 0 spiro atoms. The van der Waals surface area contributed by atoms with Crippen LogP contribution in [0.4, 0.5) is 0 Å². The van der Waals surface area contributed by atoms with E-state index in [1.165, 1.54) is 21.1 Å². The van der Waals surface area contributed by atoms with Gasteiger partial charge in [-0.15, -0.1) is 0 Å². The molecule has 0 aromatic carbocycles. The molecule has 0 fully saturated rings. The highest BCUT2D eigenvalue weighted by Gasteiger charge is 2.39. The lowest BCUT2D eigenvalue weighted by Gasteiger charge is -2.15. The fourth-order valence-electron chi connectivity index (χ4n) is 1.54. The van der Waals surface area contributed by atoms with Crippen LogP contribution in [-0.4, -0.2) is 63.7 Å². The average Bonchev–Trinajstić information content (AvgIpc) is 2.66. The van der Waals surface area contributed by atoms with E-state index in [4.69, 9.17) is 0 Å². The van der Waals surface area contributed by atoms with Gasteiger partial charge in [-0.1, -0.05) is 23.5 Å². The standard InChI is InChI=1S/C15H18N4O6S2/c1-15(8-16,12(22)23)11-17-13(26-6-4-9(20)24-2)19-14(18-11)27-7-5-10(21)25-3/h4-7H2,1-3H3,(H,22,23). The van der Waals surface area contributed by atoms with Crippen LogP contribution in [0.5, 0.6) is 0 Å². The third-order valence-electron chi connectivity index (χ3n) is 3.22. The van der Waals surface area contributed by atoms with Gasteiger partial charge in [0.15, 0.2) is 16.1 Å². The smallest absolute Gasteiger partial charge is 0.331 e. The maximum Gasteiger partial charge on any atom is 0.331 e. The summed E-state index contributed by atoms with van der Waals surface area (Å²) >= 11 is 2.21. The number of carbonyl (C=O) groups is 3. The maximum atomic E-state index is 11.5. The first kappa shape index (κ1) is 22.7. The van der Waals surface area contributed by atoms with Gasteiger partial charge in [0.05, 0.1) is 33.1 Å². The van der Waals surface area contributed by atoms with Crippen LogP contribution in [0.25, 0.3) is 0 Å². The van der Waals surface area contributed by atoms with E-state index in [0.29, 0.717) is 11.5 Å². The molecule has 0 bridgehead atoms. The van der Waals surface area contributed by atoms with Crippen molar-refractivity contribution in [1.82, 2.24) is 15.0 Å². The van der Waals surface area contributed by atoms with Gasteiger partial charge < -0.3 is 14.6 Å². The Kier molecular flexibility index (Phi) is 8.96. The second-order valence-electron chi connectivity index (χ2n) is 5.12. The Morgan fingerprint density at radius 2 is 1.48 bits per heavy atom. The van der Waals surface area contributed by atoms with Gasteiger partial charge in [-0.25, -0.2) is 9.97 Å². The lowest BCUT2D eigenvalue weighted by atomic mass is 9.92. The highest BCUT2D eigenvalue weighted by atomic mass is 32.2. The number of nitriles is 1. The van der Waals surface area contributed by atoms with Gasteiger partial charge in [-0.2, -0.15) is 10.2 Å². The predicted molar refractivity (Wildman–Crippen MR) is 95.1 cm³/mol. The fraction of sp³-hybridized carbons (Fsp3) is 0.533. The second-order valence-corrected chi connectivity index (χ2v) is 7.24. The number of methoxy groups -OCH3 is 2. The molecule has 1 heterocycles. The Morgan fingerprint density at radius 1 is 1.04 bits per heavy atom. The van der Waals surface area contributed by atoms with Crippen LogP contribution in [0.1, 0.15) is 25.6 Å². The largest absolute Gasteiger partial charge is 0.480 e. The van der Waals surface area contributed by atoms with E-state index in [9.17, 15) is 24.8 Å². The van der Waals surface area contributed by atoms with Gasteiger partial charge >= 0.3 is 17.9 Å². The molecule has 27 heavy (non-hydrogen) atoms. The van der Waals surface area contributed by atoms with Gasteiger partial charge in [0.1, 0.15) is 0 Å². The van der Waals surface area contributed by atoms with Crippen molar-refractivity contribution in [2.75, 3.05) is 25.7 Å². The maximum absolute atomic E-state index is 11.5. The monoisotopic (exact) mass is 414 g/mol. The first-order valence-corrected chi connectivity index (χ1v) is 9.54. The summed E-state index contributed by atoms with van der Waals surface area (Å²) in [6, 6.07) is 1.70. The molecule has 0 saturated carbocycles. The topological polar surface area (TPSA) is 152 Å². The SMILES string of the molecule is COC(=O)CCSc1nc(SCCC(=O)OC)nc(C(C)(C#N)C(=O)O)n1. The Bertz CT molecular complexity index is 714. The van der Waals surface area contributed by atoms with Gasteiger partial charge in [0.25, 0.3) is 0 Å². The number of hydrogen-bond donors (Lipinski definition) is 1. The van der Waals surface area contributed by atoms with Crippen LogP contribution >= 0.6 is 23.5 Å². The first-order valence-electron chi connectivity index (χ1n) is 7.57. The second kappa shape index (κ2) is 10.7. The number of thioether (sulfide) groups is 2. The number of hydrogen-bond acceptors (Lipinski definition) is 11. The van der Waals surface area contributed by atoms with E-state index in [1.807, 2.05) is 0 Å². The molecule has 0 saturated heterocycles. The molecule has 12 heteroatoms. The van der Waals surface area contributed by atoms with Crippen molar-refractivity contribution in [2.45, 2.75) is 35.5 Å². The van der Waals surface area contributed by atoms with Gasteiger partial charge in [0, 0.05) is 11.5 Å². The van der Waals surface area contributed by atoms with Crippen LogP contribution < -0.4 is 0 Å². The molecule has 1 atom stereocenters. The number of ether oxygens (including phenoxy) is 2. The summed E-state index contributed by atoms with van der Waals surface area (Å²) in [7, 11) is 2.55. The minimum Gasteiger partial charge on any atom is -0.480 e. The van der Waals surface area contributed by atoms with Crippen molar-refractivity contribution in [1.29, 1.82) is 5.26 Å². The Hall–Kier alpha value is -2.39. The Morgan fingerprint density at radius 3 is 1.81 bits per heavy atom. The molecule has 10 nitrogen and oxygen atoms in total. The molecule has 0 aliphatic rings. The predicted octanol–water partition coefficient (Wildman–Crippen LogP) is 1.05. The lowest BCUT2D eigenvalue weighted by molar-refractivity contribution is -0.141. The van der Waals surface area contributed by atoms with Crippen LogP contribution in [0.15, 0.2) is 10.3 Å². The number of aromatic nitrogens is 3. The van der Waals surface area contributed by atoms with E-state index in [2.05, 4.69) is 24.4 Å². The minimum atomic E-state index is -1.96. The summed E-state index contributed by atoms with van der Waals surface area (Å²) in [4.78, 5) is 46.2. The number of rotatable bonds is 10. The number of aliphatic carboxylic acids is 1. The van der Waals surface area contributed by atoms with Crippen molar-refractivity contribution in [3.05, 3.63) is 5.82 Å². The summed E-state index contributed by atoms with van der Waals surface area (Å²) in [6.45, 7) is 1.19. The highest BCUT2D eigenvalue weighted by molar-refractivity contribution is 7.99. The molecular weight excluding hydrogens is 396 g/mol. The summed E-state index contributed by atoms with van der Waals surface area (Å²) in [5.74, 6) is -1.81. The van der Waals surface area contributed by atoms with Crippen molar-refractivity contribution < 1.29 is 29.0 Å². The zero-order valence-electron chi connectivity index (χ0n) is 14.9. The van der Waals surface area contributed by atoms with Crippen molar-refractivity contribution in [2.24, 2.45) is 0 Å². The molecule has 0 aliphatic carbocycles. The molecule has 1 aromatic heterocycles. The number of carboxylic acids is 1. The molecule has 1 N–H and O–H groups in total. The van der Waals surface area contributed by atoms with Gasteiger partial charge in [0.2, 0.25) is 5.41 Å². The minimum absolute atomic E-state index is 0.113. The zero-order chi connectivity index (χ0) is 20.4. The molecular formula is C15H18N4O6S2. The van der Waals surface area contributed by atoms with E-state index in [1.54, 1.807) is 6.07 Å². The number of esters is 2. The van der Waals surface area contributed by atoms with Crippen molar-refractivity contribution >= 4 is 41.4 Å². The van der Waals surface area contributed by atoms with E-state index >= 15 is 0 Å². The van der Waals surface area contributed by atoms with E-state index in [-0.39, 0.29) is 29.0 Å². The lowest BCUT2D eigenvalue weighted by Crippen LogP contribution is -2.33. The number of nitrogens with zero attached hydrogens (tertiary/aromatic N) is 4. The zero-order valence-corrected chi connectivity index (χ0v) is 16.6. The Labute approximate surface area is 164 Å². The van der Waals surface area contributed by atoms with Crippen molar-refractivity contribution in [3.8, 4) is 6.07 Å². The fourth-order valence-corrected chi connectivity index (χ4v) is 3.10. The van der Waals surface area contributed by atoms with Gasteiger partial charge in [-0.05, 0) is 6.92 Å². The molecule has 1 rings (SSSR count). The molecule has 146 valence electrons. The molecule has 1 aromatic rings. The molecule has 0 aliphatic heterocycles. The van der Waals surface area contributed by atoms with E-state index in [0.717, 1.165) is 23.5 Å². The quantitative estimate of drug-likeness (QED) is 0.430. The van der Waals surface area contributed by atoms with Crippen LogP contribution in [0.2, 0.25) is 0 Å². The molecule has 1 unspecified atom stereocenters.